The molecule has 3 N–H and O–H groups in total. The van der Waals surface area contributed by atoms with Gasteiger partial charge in [0.05, 0.1) is 12.2 Å². The zero-order chi connectivity index (χ0) is 12.8. The van der Waals surface area contributed by atoms with Crippen molar-refractivity contribution in [2.24, 2.45) is 0 Å². The maximum absolute atomic E-state index is 10.8. The van der Waals surface area contributed by atoms with Crippen LogP contribution in [-0.4, -0.2) is 40.3 Å². The van der Waals surface area contributed by atoms with Crippen LogP contribution in [0.1, 0.15) is 17.3 Å². The highest BCUT2D eigenvalue weighted by atomic mass is 32.2. The van der Waals surface area contributed by atoms with E-state index >= 15 is 0 Å². The van der Waals surface area contributed by atoms with Crippen LogP contribution in [0.2, 0.25) is 0 Å². The molecule has 0 saturated heterocycles. The van der Waals surface area contributed by atoms with Gasteiger partial charge in [0.2, 0.25) is 0 Å². The van der Waals surface area contributed by atoms with Gasteiger partial charge in [0, 0.05) is 17.0 Å². The highest BCUT2D eigenvalue weighted by Crippen LogP contribution is 2.17. The number of nitrogens with one attached hydrogen (secondary N) is 1. The molecule has 1 rings (SSSR count). The summed E-state index contributed by atoms with van der Waals surface area (Å²) >= 11 is 1.58. The number of aliphatic hydroxyl groups excluding tert-OH is 1. The lowest BCUT2D eigenvalue weighted by molar-refractivity contribution is 0.0697. The van der Waals surface area contributed by atoms with Crippen LogP contribution in [0.3, 0.4) is 0 Å². The quantitative estimate of drug-likeness (QED) is 0.724. The lowest BCUT2D eigenvalue weighted by Crippen LogP contribution is -2.30. The number of hydrogen-bond acceptors (Lipinski definition) is 4. The highest BCUT2D eigenvalue weighted by Gasteiger charge is 2.15. The van der Waals surface area contributed by atoms with E-state index in [4.69, 9.17) is 10.2 Å². The first-order valence-corrected chi connectivity index (χ1v) is 6.60. The van der Waals surface area contributed by atoms with Gasteiger partial charge in [-0.05, 0) is 31.4 Å². The molecule has 0 heterocycles. The van der Waals surface area contributed by atoms with Crippen molar-refractivity contribution in [2.75, 3.05) is 18.2 Å². The topological polar surface area (TPSA) is 69.6 Å². The van der Waals surface area contributed by atoms with Crippen molar-refractivity contribution in [3.63, 3.8) is 0 Å². The molecule has 0 aliphatic rings. The third-order valence-electron chi connectivity index (χ3n) is 2.54. The minimum atomic E-state index is -0.940. The summed E-state index contributed by atoms with van der Waals surface area (Å²) < 4.78 is 0. The summed E-state index contributed by atoms with van der Waals surface area (Å²) in [6.07, 6.45) is 1.94. The number of thioether (sulfide) groups is 1. The molecule has 0 bridgehead atoms. The van der Waals surface area contributed by atoms with E-state index < -0.39 is 5.97 Å². The molecular weight excluding hydrogens is 238 g/mol. The number of aromatic carboxylic acids is 1. The van der Waals surface area contributed by atoms with Crippen molar-refractivity contribution in [3.05, 3.63) is 29.8 Å². The zero-order valence-electron chi connectivity index (χ0n) is 9.88. The molecule has 0 aromatic heterocycles. The molecular formula is C12H17NO3S. The Kier molecular flexibility index (Phi) is 5.31. The Labute approximate surface area is 105 Å². The van der Waals surface area contributed by atoms with Crippen molar-refractivity contribution in [1.82, 2.24) is 0 Å². The van der Waals surface area contributed by atoms with Crippen molar-refractivity contribution < 1.29 is 15.0 Å². The molecule has 0 aliphatic heterocycles. The number of carbonyl (C=O) groups is 1. The molecule has 94 valence electrons. The van der Waals surface area contributed by atoms with Gasteiger partial charge >= 0.3 is 5.97 Å². The lowest BCUT2D eigenvalue weighted by Gasteiger charge is -2.22. The van der Waals surface area contributed by atoms with E-state index in [-0.39, 0.29) is 23.5 Å². The normalized spacial score (nSPS) is 14.1. The standard InChI is InChI=1S/C12H17NO3S/c1-8(11(7-14)17-2)13-10-5-3-4-9(6-10)12(15)16/h3-6,8,11,13-14H,7H2,1-2H3,(H,15,16). The van der Waals surface area contributed by atoms with Crippen LogP contribution < -0.4 is 5.32 Å². The first-order chi connectivity index (χ1) is 8.08. The average Bonchev–Trinajstić information content (AvgIpc) is 2.30. The number of aliphatic hydroxyl groups is 1. The number of benzene rings is 1. The Balaban J connectivity index is 2.74. The molecule has 4 nitrogen and oxygen atoms in total. The van der Waals surface area contributed by atoms with Crippen LogP contribution in [-0.2, 0) is 0 Å². The molecule has 2 atom stereocenters. The molecule has 0 fully saturated rings. The number of anilines is 1. The number of carboxylic acids is 1. The minimum absolute atomic E-state index is 0.0686. The van der Waals surface area contributed by atoms with Crippen LogP contribution >= 0.6 is 11.8 Å². The first-order valence-electron chi connectivity index (χ1n) is 5.32. The molecule has 0 amide bonds. The van der Waals surface area contributed by atoms with Crippen LogP contribution in [0.4, 0.5) is 5.69 Å². The Bertz CT molecular complexity index is 380. The predicted molar refractivity (Wildman–Crippen MR) is 70.9 cm³/mol. The Morgan fingerprint density at radius 3 is 2.76 bits per heavy atom. The number of rotatable bonds is 6. The fraction of sp³-hybridized carbons (Fsp3) is 0.417. The first kappa shape index (κ1) is 13.9. The smallest absolute Gasteiger partial charge is 0.335 e. The maximum atomic E-state index is 10.8. The minimum Gasteiger partial charge on any atom is -0.478 e. The summed E-state index contributed by atoms with van der Waals surface area (Å²) in [5.74, 6) is -0.940. The Morgan fingerprint density at radius 2 is 2.24 bits per heavy atom. The lowest BCUT2D eigenvalue weighted by atomic mass is 10.1. The summed E-state index contributed by atoms with van der Waals surface area (Å²) in [6.45, 7) is 2.05. The van der Waals surface area contributed by atoms with Crippen molar-refractivity contribution in [1.29, 1.82) is 0 Å². The second-order valence-electron chi connectivity index (χ2n) is 3.78. The van der Waals surface area contributed by atoms with Crippen LogP contribution in [0.15, 0.2) is 24.3 Å². The van der Waals surface area contributed by atoms with Gasteiger partial charge in [0.1, 0.15) is 0 Å². The summed E-state index contributed by atoms with van der Waals surface area (Å²) in [5, 5.41) is 21.3. The van der Waals surface area contributed by atoms with Gasteiger partial charge in [-0.25, -0.2) is 4.79 Å². The fourth-order valence-electron chi connectivity index (χ4n) is 1.53. The van der Waals surface area contributed by atoms with E-state index in [1.54, 1.807) is 30.0 Å². The zero-order valence-corrected chi connectivity index (χ0v) is 10.7. The fourth-order valence-corrected chi connectivity index (χ4v) is 2.16. The molecule has 0 spiro atoms. The second-order valence-corrected chi connectivity index (χ2v) is 4.85. The SMILES string of the molecule is CSC(CO)C(C)Nc1cccc(C(=O)O)c1. The van der Waals surface area contributed by atoms with E-state index in [9.17, 15) is 4.79 Å². The van der Waals surface area contributed by atoms with E-state index in [0.717, 1.165) is 5.69 Å². The number of hydrogen-bond donors (Lipinski definition) is 3. The molecule has 1 aromatic rings. The van der Waals surface area contributed by atoms with Gasteiger partial charge in [-0.2, -0.15) is 11.8 Å². The van der Waals surface area contributed by atoms with Gasteiger partial charge in [-0.15, -0.1) is 0 Å². The molecule has 2 unspecified atom stereocenters. The molecule has 1 aromatic carbocycles. The highest BCUT2D eigenvalue weighted by molar-refractivity contribution is 7.99. The van der Waals surface area contributed by atoms with E-state index in [1.165, 1.54) is 0 Å². The predicted octanol–water partition coefficient (Wildman–Crippen LogP) is 1.91. The maximum Gasteiger partial charge on any atom is 0.335 e. The number of carboxylic acid groups (broad SMARTS) is 1. The van der Waals surface area contributed by atoms with Gasteiger partial charge in [-0.1, -0.05) is 6.07 Å². The largest absolute Gasteiger partial charge is 0.478 e. The molecule has 0 saturated carbocycles. The molecule has 5 heteroatoms. The monoisotopic (exact) mass is 255 g/mol. The van der Waals surface area contributed by atoms with E-state index in [0.29, 0.717) is 0 Å². The van der Waals surface area contributed by atoms with Crippen LogP contribution in [0, 0.1) is 0 Å². The summed E-state index contributed by atoms with van der Waals surface area (Å²) in [5.41, 5.74) is 1.01. The third kappa shape index (κ3) is 3.94. The van der Waals surface area contributed by atoms with E-state index in [2.05, 4.69) is 5.32 Å². The summed E-state index contributed by atoms with van der Waals surface area (Å²) in [6, 6.07) is 6.73. The molecule has 0 aliphatic carbocycles. The summed E-state index contributed by atoms with van der Waals surface area (Å²) in [7, 11) is 0. The van der Waals surface area contributed by atoms with Crippen LogP contribution in [0.5, 0.6) is 0 Å². The Hall–Kier alpha value is -1.20. The second kappa shape index (κ2) is 6.51. The van der Waals surface area contributed by atoms with Gasteiger partial charge in [0.25, 0.3) is 0 Å². The third-order valence-corrected chi connectivity index (χ3v) is 3.71. The van der Waals surface area contributed by atoms with Crippen LogP contribution in [0.25, 0.3) is 0 Å². The van der Waals surface area contributed by atoms with Crippen molar-refractivity contribution in [3.8, 4) is 0 Å². The van der Waals surface area contributed by atoms with Crippen molar-refractivity contribution in [2.45, 2.75) is 18.2 Å². The summed E-state index contributed by atoms with van der Waals surface area (Å²) in [4.78, 5) is 10.8. The van der Waals surface area contributed by atoms with Crippen molar-refractivity contribution >= 4 is 23.4 Å². The van der Waals surface area contributed by atoms with Gasteiger partial charge in [-0.3, -0.25) is 0 Å². The Morgan fingerprint density at radius 1 is 1.53 bits per heavy atom. The average molecular weight is 255 g/mol. The molecule has 0 radical (unpaired) electrons. The van der Waals surface area contributed by atoms with Gasteiger partial charge < -0.3 is 15.5 Å². The molecule has 17 heavy (non-hydrogen) atoms. The van der Waals surface area contributed by atoms with Gasteiger partial charge in [0.15, 0.2) is 0 Å². The van der Waals surface area contributed by atoms with E-state index in [1.807, 2.05) is 19.2 Å².